The number of hydrogen-bond acceptors (Lipinski definition) is 18. The maximum atomic E-state index is 15.0. The summed E-state index contributed by atoms with van der Waals surface area (Å²) in [7, 11) is 8.09. The molecular formula is C58H82N12O16. The number of carbonyl (C=O) groups is 12. The Hall–Kier alpha value is -8.72. The molecule has 1 aliphatic carbocycles. The van der Waals surface area contributed by atoms with Crippen molar-refractivity contribution in [3.63, 3.8) is 0 Å². The molecule has 4 aliphatic rings. The van der Waals surface area contributed by atoms with Crippen molar-refractivity contribution < 1.29 is 71.4 Å². The summed E-state index contributed by atoms with van der Waals surface area (Å²) in [6.07, 6.45) is -3.11. The van der Waals surface area contributed by atoms with Gasteiger partial charge in [0.15, 0.2) is 11.3 Å². The number of likely N-dealkylation sites (N-methyl/N-ethyl adjacent to an activating group) is 6. The molecular weight excluding hydrogens is 1120 g/mol. The number of ether oxygens (including phenoxy) is 2. The molecule has 0 saturated carbocycles. The van der Waals surface area contributed by atoms with Gasteiger partial charge >= 0.3 is 11.9 Å². The number of rotatable bonds is 8. The Morgan fingerprint density at radius 2 is 0.977 bits per heavy atom. The second-order valence-electron chi connectivity index (χ2n) is 23.7. The van der Waals surface area contributed by atoms with Gasteiger partial charge in [-0.3, -0.25) is 52.7 Å². The number of aryl methyl sites for hydroxylation is 1. The van der Waals surface area contributed by atoms with Crippen molar-refractivity contribution in [1.29, 1.82) is 0 Å². The van der Waals surface area contributed by atoms with Crippen LogP contribution in [0.4, 0.5) is 5.69 Å². The fraction of sp³-hybridized carbons (Fsp3) is 0.586. The summed E-state index contributed by atoms with van der Waals surface area (Å²) in [6.45, 7) is 16.7. The van der Waals surface area contributed by atoms with Crippen molar-refractivity contribution in [3.05, 3.63) is 44.6 Å². The topological polar surface area (TPSA) is 360 Å². The highest BCUT2D eigenvalue weighted by molar-refractivity contribution is 6.10. The third-order valence-electron chi connectivity index (χ3n) is 15.5. The van der Waals surface area contributed by atoms with E-state index in [1.807, 2.05) is 0 Å². The maximum absolute atomic E-state index is 15.0. The highest BCUT2D eigenvalue weighted by Crippen LogP contribution is 2.35. The second kappa shape index (κ2) is 27.5. The number of hydrogen-bond donors (Lipinski definition) is 5. The number of benzene rings is 2. The lowest BCUT2D eigenvalue weighted by atomic mass is 9.98. The van der Waals surface area contributed by atoms with Gasteiger partial charge in [-0.2, -0.15) is 0 Å². The number of nitrogens with two attached hydrogens (primary N) is 1. The molecule has 5 rings (SSSR count). The summed E-state index contributed by atoms with van der Waals surface area (Å²) in [6, 6.07) is -6.08. The number of amides is 10. The first-order valence-electron chi connectivity index (χ1n) is 28.2. The van der Waals surface area contributed by atoms with Gasteiger partial charge in [0.25, 0.3) is 11.8 Å². The Morgan fingerprint density at radius 1 is 0.581 bits per heavy atom. The van der Waals surface area contributed by atoms with Crippen LogP contribution < -0.4 is 32.4 Å². The van der Waals surface area contributed by atoms with E-state index < -0.39 is 192 Å². The third-order valence-corrected chi connectivity index (χ3v) is 15.5. The van der Waals surface area contributed by atoms with E-state index in [-0.39, 0.29) is 28.0 Å². The summed E-state index contributed by atoms with van der Waals surface area (Å²) in [5, 5.41) is 10.4. The van der Waals surface area contributed by atoms with Gasteiger partial charge in [0.1, 0.15) is 59.7 Å². The largest absolute Gasteiger partial charge is 0.458 e. The number of nitrogen functional groups attached to an aromatic ring is 1. The number of carbonyl (C=O) groups excluding carboxylic acids is 12. The van der Waals surface area contributed by atoms with Crippen molar-refractivity contribution in [1.82, 2.24) is 55.7 Å². The normalized spacial score (nSPS) is 23.9. The number of aromatic nitrogens is 1. The minimum absolute atomic E-state index is 0.0878. The zero-order valence-corrected chi connectivity index (χ0v) is 52.2. The molecule has 3 aliphatic heterocycles. The minimum atomic E-state index is -1.89. The lowest BCUT2D eigenvalue weighted by molar-refractivity contribution is -0.163. The molecule has 0 radical (unpaired) electrons. The summed E-state index contributed by atoms with van der Waals surface area (Å²) < 4.78 is 18.1. The monoisotopic (exact) mass is 1200 g/mol. The minimum Gasteiger partial charge on any atom is -0.458 e. The van der Waals surface area contributed by atoms with E-state index in [9.17, 15) is 57.5 Å². The first kappa shape index (κ1) is 68.1. The molecule has 1 aromatic carbocycles. The Morgan fingerprint density at radius 3 is 1.37 bits per heavy atom. The summed E-state index contributed by atoms with van der Waals surface area (Å²) >= 11 is 0. The van der Waals surface area contributed by atoms with E-state index in [2.05, 4.69) is 21.3 Å². The number of nitrogens with one attached hydrogen (secondary N) is 4. The Labute approximate surface area is 498 Å². The van der Waals surface area contributed by atoms with Gasteiger partial charge < -0.3 is 70.3 Å². The van der Waals surface area contributed by atoms with Crippen molar-refractivity contribution in [2.75, 3.05) is 74.2 Å². The average Bonchev–Trinajstić information content (AvgIpc) is 0.794. The molecule has 0 aromatic heterocycles. The van der Waals surface area contributed by atoms with Crippen LogP contribution in [0.2, 0.25) is 0 Å². The van der Waals surface area contributed by atoms with Gasteiger partial charge in [-0.1, -0.05) is 61.5 Å². The number of fused-ring (bicyclic) bond motifs is 2. The first-order valence-corrected chi connectivity index (χ1v) is 28.2. The second-order valence-corrected chi connectivity index (χ2v) is 23.7. The Balaban J connectivity index is 1.67. The van der Waals surface area contributed by atoms with E-state index >= 15 is 4.79 Å². The summed E-state index contributed by atoms with van der Waals surface area (Å²) in [5.74, 6) is -13.0. The average molecular weight is 1200 g/mol. The van der Waals surface area contributed by atoms with E-state index in [1.54, 1.807) is 62.3 Å². The standard InChI is InChI=1S/C58H82N12O16/c1-25(2)40-55(80)67(15)21-34(71)65(13)23-36(73)69(17)46(27(5)6)57(82)84-31(11)42(53(78)61-40)63-51(76)33-20-19-29(9)49-44(33)60-45-38(39(59)48(75)30(10)50(45)86-49)52(77)64-43-32(12)85-58(83)47(28(7)8)70(18)37(74)24-66(14)35(72)22-68(16)56(81)41(26(3)4)62-54(43)79/h19-20,25-28,31-32,40-43,46-47H,21-24,59H2,1-18H3,(H,61,78)(H,62,79)(H,63,76)(H,64,77). The first-order chi connectivity index (χ1) is 39.9. The Kier molecular flexibility index (Phi) is 21.8. The maximum Gasteiger partial charge on any atom is 0.329 e. The van der Waals surface area contributed by atoms with Gasteiger partial charge in [0.05, 0.1) is 43.0 Å². The predicted octanol–water partition coefficient (Wildman–Crippen LogP) is -0.340. The molecule has 8 unspecified atom stereocenters. The number of esters is 2. The third kappa shape index (κ3) is 14.7. The molecule has 0 bridgehead atoms. The van der Waals surface area contributed by atoms with Crippen LogP contribution in [0.3, 0.4) is 0 Å². The lowest BCUT2D eigenvalue weighted by Crippen LogP contribution is -2.60. The molecule has 6 N–H and O–H groups in total. The fourth-order valence-electron chi connectivity index (χ4n) is 10.1. The van der Waals surface area contributed by atoms with Crippen LogP contribution in [0, 0.1) is 37.5 Å². The summed E-state index contributed by atoms with van der Waals surface area (Å²) in [4.78, 5) is 195. The zero-order valence-electron chi connectivity index (χ0n) is 52.2. The molecule has 1 aromatic rings. The van der Waals surface area contributed by atoms with Crippen LogP contribution in [0.25, 0.3) is 22.6 Å². The molecule has 3 heterocycles. The van der Waals surface area contributed by atoms with Gasteiger partial charge in [-0.15, -0.1) is 0 Å². The number of cyclic esters (lactones) is 2. The van der Waals surface area contributed by atoms with Crippen LogP contribution >= 0.6 is 0 Å². The van der Waals surface area contributed by atoms with Crippen LogP contribution in [0.1, 0.15) is 101 Å². The van der Waals surface area contributed by atoms with Gasteiger partial charge in [-0.05, 0) is 63.0 Å². The van der Waals surface area contributed by atoms with Crippen molar-refractivity contribution >= 4 is 87.8 Å². The van der Waals surface area contributed by atoms with E-state index in [0.717, 1.165) is 29.4 Å². The molecule has 28 heteroatoms. The van der Waals surface area contributed by atoms with Crippen LogP contribution in [0.5, 0.6) is 0 Å². The van der Waals surface area contributed by atoms with Crippen LogP contribution in [0.15, 0.2) is 21.3 Å². The number of nitrogens with zero attached hydrogens (tertiary/aromatic N) is 7. The van der Waals surface area contributed by atoms with E-state index in [4.69, 9.17) is 24.6 Å². The van der Waals surface area contributed by atoms with Gasteiger partial charge in [-0.25, -0.2) is 14.6 Å². The molecule has 2 fully saturated rings. The molecule has 86 heavy (non-hydrogen) atoms. The predicted molar refractivity (Wildman–Crippen MR) is 311 cm³/mol. The zero-order chi connectivity index (χ0) is 65.0. The highest BCUT2D eigenvalue weighted by Gasteiger charge is 2.43. The van der Waals surface area contributed by atoms with Crippen molar-refractivity contribution in [3.8, 4) is 11.5 Å². The number of anilines is 1. The fourth-order valence-corrected chi connectivity index (χ4v) is 10.1. The van der Waals surface area contributed by atoms with E-state index in [1.165, 1.54) is 75.2 Å². The highest BCUT2D eigenvalue weighted by atomic mass is 16.6. The molecule has 10 amide bonds. The molecule has 8 atom stereocenters. The molecule has 2 saturated heterocycles. The Bertz CT molecular complexity index is 3230. The van der Waals surface area contributed by atoms with Gasteiger partial charge in [0.2, 0.25) is 52.7 Å². The van der Waals surface area contributed by atoms with Crippen LogP contribution in [-0.2, 0) is 57.4 Å². The SMILES string of the molecule is Cc1c2oc3c(C)ccc(C(=O)NC4C(=O)NC(C(C)C)C(=O)N(C)CC(=O)N(C)CC(=O)N(C)C(C(C)C)C(=O)OC4C)c3nc-2c(C(=O)NC2C(=O)NC(C(C)C)C(=O)N(C)CC(=O)N(C)CC(=O)N(C)C(C(C)C)C(=O)OC2C)c(N)c1=O. The molecule has 470 valence electrons. The summed E-state index contributed by atoms with van der Waals surface area (Å²) in [5.41, 5.74) is 3.40. The van der Waals surface area contributed by atoms with Crippen LogP contribution in [-0.4, -0.2) is 222 Å². The van der Waals surface area contributed by atoms with Crippen molar-refractivity contribution in [2.24, 2.45) is 23.7 Å². The lowest BCUT2D eigenvalue weighted by Gasteiger charge is -2.34. The van der Waals surface area contributed by atoms with E-state index in [0.29, 0.717) is 5.56 Å². The van der Waals surface area contributed by atoms with Crippen molar-refractivity contribution in [2.45, 2.75) is 132 Å². The molecule has 28 nitrogen and oxygen atoms in total. The van der Waals surface area contributed by atoms with Gasteiger partial charge in [0, 0.05) is 47.8 Å². The quantitative estimate of drug-likeness (QED) is 0.109. The smallest absolute Gasteiger partial charge is 0.329 e. The molecule has 0 spiro atoms.